The van der Waals surface area contributed by atoms with Crippen LogP contribution in [-0.2, 0) is 23.7 Å². The molecule has 0 amide bonds. The molecule has 0 aliphatic carbocycles. The molecular formula is C22H32N2O6. The van der Waals surface area contributed by atoms with Gasteiger partial charge in [0.1, 0.15) is 30.2 Å². The van der Waals surface area contributed by atoms with Crippen LogP contribution in [0, 0.1) is 0 Å². The number of hydrogen-bond donors (Lipinski definition) is 1. The molecule has 1 N–H and O–H groups in total. The lowest BCUT2D eigenvalue weighted by atomic mass is 9.98. The van der Waals surface area contributed by atoms with Crippen molar-refractivity contribution in [1.29, 1.82) is 0 Å². The Labute approximate surface area is 177 Å². The fourth-order valence-corrected chi connectivity index (χ4v) is 4.97. The number of aromatic hydroxyl groups is 1. The Hall–Kier alpha value is -1.42. The van der Waals surface area contributed by atoms with Gasteiger partial charge in [-0.3, -0.25) is 4.90 Å². The van der Waals surface area contributed by atoms with Crippen molar-refractivity contribution >= 4 is 5.69 Å². The lowest BCUT2D eigenvalue weighted by Gasteiger charge is -2.42. The van der Waals surface area contributed by atoms with E-state index in [1.807, 2.05) is 45.9 Å². The van der Waals surface area contributed by atoms with Crippen LogP contribution in [-0.4, -0.2) is 85.0 Å². The summed E-state index contributed by atoms with van der Waals surface area (Å²) in [4.78, 5) is 4.70. The highest BCUT2D eigenvalue weighted by atomic mass is 16.9. The van der Waals surface area contributed by atoms with E-state index in [1.165, 1.54) is 0 Å². The third kappa shape index (κ3) is 3.92. The van der Waals surface area contributed by atoms with Crippen molar-refractivity contribution in [3.63, 3.8) is 0 Å². The standard InChI is InChI=1S/C22H32N2O6/c1-21(2)27-17-16(26-20-19(18(17)28-21)29-22(3,4)30-20)13-23-8-10-24(11-9-23)14-6-5-7-15(25)12-14/h5-7,12,16-20,25H,8-11,13H2,1-4H3/t16?,17-,18-,19+,20+/m0/s1. The number of nitrogens with zero attached hydrogens (tertiary/aromatic N) is 2. The molecule has 8 heteroatoms. The Morgan fingerprint density at radius 1 is 0.900 bits per heavy atom. The first kappa shape index (κ1) is 20.5. The van der Waals surface area contributed by atoms with Crippen LogP contribution >= 0.6 is 0 Å². The summed E-state index contributed by atoms with van der Waals surface area (Å²) in [5.74, 6) is -1.07. The molecule has 166 valence electrons. The number of ether oxygens (including phenoxy) is 5. The zero-order valence-electron chi connectivity index (χ0n) is 18.1. The molecule has 4 aliphatic heterocycles. The van der Waals surface area contributed by atoms with E-state index in [1.54, 1.807) is 6.07 Å². The first-order valence-electron chi connectivity index (χ1n) is 10.8. The van der Waals surface area contributed by atoms with Gasteiger partial charge in [-0.1, -0.05) is 6.07 Å². The van der Waals surface area contributed by atoms with E-state index in [9.17, 15) is 5.11 Å². The summed E-state index contributed by atoms with van der Waals surface area (Å²) in [6.07, 6.45) is -1.28. The molecule has 0 spiro atoms. The number of anilines is 1. The van der Waals surface area contributed by atoms with Crippen LogP contribution in [0.5, 0.6) is 5.75 Å². The number of benzene rings is 1. The summed E-state index contributed by atoms with van der Waals surface area (Å²) in [6, 6.07) is 7.43. The Balaban J connectivity index is 1.25. The van der Waals surface area contributed by atoms with Crippen molar-refractivity contribution in [3.8, 4) is 5.75 Å². The molecule has 4 heterocycles. The second-order valence-corrected chi connectivity index (χ2v) is 9.52. The summed E-state index contributed by atoms with van der Waals surface area (Å²) in [6.45, 7) is 12.0. The quantitative estimate of drug-likeness (QED) is 0.795. The van der Waals surface area contributed by atoms with E-state index < -0.39 is 17.9 Å². The van der Waals surface area contributed by atoms with Crippen LogP contribution < -0.4 is 4.90 Å². The maximum atomic E-state index is 9.75. The van der Waals surface area contributed by atoms with Crippen molar-refractivity contribution in [2.24, 2.45) is 0 Å². The van der Waals surface area contributed by atoms with Gasteiger partial charge in [0.05, 0.1) is 0 Å². The van der Waals surface area contributed by atoms with E-state index in [2.05, 4.69) is 9.80 Å². The highest BCUT2D eigenvalue weighted by molar-refractivity contribution is 5.50. The fourth-order valence-electron chi connectivity index (χ4n) is 4.97. The Morgan fingerprint density at radius 2 is 1.57 bits per heavy atom. The highest BCUT2D eigenvalue weighted by Crippen LogP contribution is 2.44. The molecule has 0 radical (unpaired) electrons. The Kier molecular flexibility index (Phi) is 5.00. The second-order valence-electron chi connectivity index (χ2n) is 9.52. The topological polar surface area (TPSA) is 72.9 Å². The summed E-state index contributed by atoms with van der Waals surface area (Å²) in [7, 11) is 0. The minimum Gasteiger partial charge on any atom is -0.508 e. The van der Waals surface area contributed by atoms with Gasteiger partial charge in [-0.2, -0.15) is 0 Å². The molecule has 4 fully saturated rings. The first-order valence-corrected chi connectivity index (χ1v) is 10.8. The van der Waals surface area contributed by atoms with Crippen LogP contribution in [0.1, 0.15) is 27.7 Å². The van der Waals surface area contributed by atoms with E-state index in [-0.39, 0.29) is 24.4 Å². The molecule has 0 saturated carbocycles. The minimum atomic E-state index is -0.697. The number of rotatable bonds is 3. The molecule has 5 rings (SSSR count). The number of piperazine rings is 1. The summed E-state index contributed by atoms with van der Waals surface area (Å²) in [5, 5.41) is 9.75. The van der Waals surface area contributed by atoms with Gasteiger partial charge in [-0.25, -0.2) is 0 Å². The Bertz CT molecular complexity index is 779. The number of phenols is 1. The summed E-state index contributed by atoms with van der Waals surface area (Å²) < 4.78 is 30.9. The normalized spacial score (nSPS) is 37.7. The monoisotopic (exact) mass is 420 g/mol. The molecule has 0 bridgehead atoms. The van der Waals surface area contributed by atoms with Gasteiger partial charge in [-0.15, -0.1) is 0 Å². The summed E-state index contributed by atoms with van der Waals surface area (Å²) >= 11 is 0. The predicted molar refractivity (Wildman–Crippen MR) is 109 cm³/mol. The number of fused-ring (bicyclic) bond motifs is 3. The van der Waals surface area contributed by atoms with Gasteiger partial charge >= 0.3 is 0 Å². The van der Waals surface area contributed by atoms with Crippen molar-refractivity contribution in [1.82, 2.24) is 4.90 Å². The smallest absolute Gasteiger partial charge is 0.190 e. The van der Waals surface area contributed by atoms with Crippen LogP contribution in [0.15, 0.2) is 24.3 Å². The average Bonchev–Trinajstić information content (AvgIpc) is 3.17. The largest absolute Gasteiger partial charge is 0.508 e. The molecular weight excluding hydrogens is 388 g/mol. The van der Waals surface area contributed by atoms with Crippen molar-refractivity contribution in [2.45, 2.75) is 70.0 Å². The molecule has 1 aromatic rings. The average molecular weight is 421 g/mol. The zero-order chi connectivity index (χ0) is 21.1. The molecule has 8 nitrogen and oxygen atoms in total. The molecule has 1 unspecified atom stereocenters. The first-order chi connectivity index (χ1) is 14.2. The lowest BCUT2D eigenvalue weighted by molar-refractivity contribution is -0.236. The van der Waals surface area contributed by atoms with Crippen LogP contribution in [0.2, 0.25) is 0 Å². The van der Waals surface area contributed by atoms with Gasteiger partial charge < -0.3 is 33.7 Å². The molecule has 5 atom stereocenters. The predicted octanol–water partition coefficient (Wildman–Crippen LogP) is 1.91. The number of phenolic OH excluding ortho intramolecular Hbond substituents is 1. The van der Waals surface area contributed by atoms with Crippen LogP contribution in [0.3, 0.4) is 0 Å². The highest BCUT2D eigenvalue weighted by Gasteiger charge is 2.60. The molecule has 4 saturated heterocycles. The molecule has 0 aromatic heterocycles. The lowest BCUT2D eigenvalue weighted by Crippen LogP contribution is -2.59. The molecule has 4 aliphatic rings. The summed E-state index contributed by atoms with van der Waals surface area (Å²) in [5.41, 5.74) is 1.06. The van der Waals surface area contributed by atoms with Crippen LogP contribution in [0.25, 0.3) is 0 Å². The van der Waals surface area contributed by atoms with Crippen molar-refractivity contribution < 1.29 is 28.8 Å². The third-order valence-electron chi connectivity index (χ3n) is 6.26. The van der Waals surface area contributed by atoms with E-state index in [0.29, 0.717) is 5.75 Å². The van der Waals surface area contributed by atoms with Crippen molar-refractivity contribution in [3.05, 3.63) is 24.3 Å². The third-order valence-corrected chi connectivity index (χ3v) is 6.26. The zero-order valence-corrected chi connectivity index (χ0v) is 18.1. The van der Waals surface area contributed by atoms with Gasteiger partial charge in [-0.05, 0) is 39.8 Å². The minimum absolute atomic E-state index is 0.150. The van der Waals surface area contributed by atoms with E-state index in [0.717, 1.165) is 38.4 Å². The van der Waals surface area contributed by atoms with Gasteiger partial charge in [0.25, 0.3) is 0 Å². The molecule has 30 heavy (non-hydrogen) atoms. The maximum Gasteiger partial charge on any atom is 0.190 e. The van der Waals surface area contributed by atoms with Gasteiger partial charge in [0, 0.05) is 44.5 Å². The SMILES string of the molecule is CC1(C)O[C@H]2OC(CN3CCN(c4cccc(O)c4)CC3)[C@@H]3OC(C)(C)O[C@@H]3[C@H]2O1. The van der Waals surface area contributed by atoms with Crippen LogP contribution in [0.4, 0.5) is 5.69 Å². The van der Waals surface area contributed by atoms with Gasteiger partial charge in [0.15, 0.2) is 17.9 Å². The second kappa shape index (κ2) is 7.32. The number of hydrogen-bond acceptors (Lipinski definition) is 8. The maximum absolute atomic E-state index is 9.75. The van der Waals surface area contributed by atoms with E-state index >= 15 is 0 Å². The van der Waals surface area contributed by atoms with Gasteiger partial charge in [0.2, 0.25) is 0 Å². The van der Waals surface area contributed by atoms with Crippen molar-refractivity contribution in [2.75, 3.05) is 37.6 Å². The fraction of sp³-hybridized carbons (Fsp3) is 0.727. The van der Waals surface area contributed by atoms with E-state index in [4.69, 9.17) is 23.7 Å². The molecule has 1 aromatic carbocycles. The Morgan fingerprint density at radius 3 is 2.30 bits per heavy atom.